The third-order valence-corrected chi connectivity index (χ3v) is 8.85. The van der Waals surface area contributed by atoms with Crippen LogP contribution in [0.25, 0.3) is 23.0 Å². The average Bonchev–Trinajstić information content (AvgIpc) is 3.46. The normalized spacial score (nSPS) is 14.8. The molecule has 1 fully saturated rings. The van der Waals surface area contributed by atoms with Crippen molar-refractivity contribution in [1.82, 2.24) is 14.7 Å². The Hall–Kier alpha value is -2.35. The van der Waals surface area contributed by atoms with Crippen molar-refractivity contribution in [3.8, 4) is 16.9 Å². The Morgan fingerprint density at radius 1 is 0.946 bits per heavy atom. The molecule has 0 bridgehead atoms. The van der Waals surface area contributed by atoms with Gasteiger partial charge in [0.2, 0.25) is 0 Å². The van der Waals surface area contributed by atoms with Crippen LogP contribution in [-0.4, -0.2) is 37.2 Å². The van der Waals surface area contributed by atoms with Crippen molar-refractivity contribution in [1.29, 1.82) is 0 Å². The quantitative estimate of drug-likeness (QED) is 0.0923. The van der Waals surface area contributed by atoms with Gasteiger partial charge in [-0.3, -0.25) is 9.69 Å². The van der Waals surface area contributed by atoms with Crippen LogP contribution >= 0.6 is 35.7 Å². The molecule has 7 heteroatoms. The first-order chi connectivity index (χ1) is 18.1. The third-order valence-electron chi connectivity index (χ3n) is 6.26. The molecule has 2 heterocycles. The fraction of sp³-hybridized carbons (Fsp3) is 0.367. The smallest absolute Gasteiger partial charge is 0.266 e. The van der Waals surface area contributed by atoms with E-state index in [0.717, 1.165) is 47.5 Å². The van der Waals surface area contributed by atoms with Gasteiger partial charge >= 0.3 is 0 Å². The first kappa shape index (κ1) is 27.7. The van der Waals surface area contributed by atoms with E-state index in [0.29, 0.717) is 15.8 Å². The maximum atomic E-state index is 13.3. The number of unbranched alkanes of at least 4 members (excludes halogenated alkanes) is 5. The van der Waals surface area contributed by atoms with E-state index in [2.05, 4.69) is 38.1 Å². The molecule has 0 N–H and O–H groups in total. The van der Waals surface area contributed by atoms with Gasteiger partial charge in [0, 0.05) is 28.8 Å². The highest BCUT2D eigenvalue weighted by Gasteiger charge is 2.32. The number of carbonyl (C=O) groups excluding carboxylic acids is 1. The molecule has 0 spiro atoms. The minimum absolute atomic E-state index is 0.00767. The Kier molecular flexibility index (Phi) is 10.5. The Labute approximate surface area is 234 Å². The number of para-hydroxylation sites is 1. The van der Waals surface area contributed by atoms with Crippen LogP contribution in [0.1, 0.15) is 64.4 Å². The number of nitrogens with zero attached hydrogens (tertiary/aromatic N) is 3. The highest BCUT2D eigenvalue weighted by molar-refractivity contribution is 8.26. The van der Waals surface area contributed by atoms with E-state index >= 15 is 0 Å². The maximum absolute atomic E-state index is 13.3. The molecule has 1 aliphatic rings. The molecule has 37 heavy (non-hydrogen) atoms. The summed E-state index contributed by atoms with van der Waals surface area (Å²) in [6.07, 6.45) is 12.2. The van der Waals surface area contributed by atoms with Crippen molar-refractivity contribution in [2.45, 2.75) is 63.7 Å². The van der Waals surface area contributed by atoms with Gasteiger partial charge in [-0.05, 0) is 48.9 Å². The number of hydrogen-bond donors (Lipinski definition) is 0. The van der Waals surface area contributed by atoms with Crippen LogP contribution in [0.4, 0.5) is 0 Å². The van der Waals surface area contributed by atoms with Gasteiger partial charge in [0.05, 0.1) is 16.3 Å². The number of hydrogen-bond acceptors (Lipinski definition) is 5. The summed E-state index contributed by atoms with van der Waals surface area (Å²) in [4.78, 5) is 17.0. The van der Waals surface area contributed by atoms with Gasteiger partial charge < -0.3 is 0 Å². The van der Waals surface area contributed by atoms with Gasteiger partial charge in [0.1, 0.15) is 4.32 Å². The number of thiocarbonyl (C=S) groups is 1. The molecule has 1 amide bonds. The molecule has 1 saturated heterocycles. The molecule has 2 aromatic carbocycles. The zero-order chi connectivity index (χ0) is 26.0. The largest absolute Gasteiger partial charge is 0.293 e. The summed E-state index contributed by atoms with van der Waals surface area (Å²) in [5.41, 5.74) is 3.79. The summed E-state index contributed by atoms with van der Waals surface area (Å²) in [6.45, 7) is 5.12. The summed E-state index contributed by atoms with van der Waals surface area (Å²) < 4.78 is 2.54. The first-order valence-electron chi connectivity index (χ1n) is 13.2. The molecule has 4 nitrogen and oxygen atoms in total. The number of aromatic nitrogens is 2. The molecule has 3 aromatic rings. The van der Waals surface area contributed by atoms with Crippen molar-refractivity contribution in [2.75, 3.05) is 12.3 Å². The minimum atomic E-state index is 0.00767. The molecular weight excluding hydrogens is 515 g/mol. The van der Waals surface area contributed by atoms with Crippen molar-refractivity contribution < 1.29 is 4.79 Å². The fourth-order valence-electron chi connectivity index (χ4n) is 4.24. The van der Waals surface area contributed by atoms with Crippen LogP contribution in [0, 0.1) is 0 Å². The second-order valence-corrected chi connectivity index (χ2v) is 12.0. The molecular formula is C30H35N3OS3. The summed E-state index contributed by atoms with van der Waals surface area (Å²) in [6, 6.07) is 18.6. The Morgan fingerprint density at radius 2 is 1.68 bits per heavy atom. The van der Waals surface area contributed by atoms with Crippen LogP contribution in [0.15, 0.2) is 70.6 Å². The number of rotatable bonds is 13. The van der Waals surface area contributed by atoms with Gasteiger partial charge in [0.25, 0.3) is 5.91 Å². The predicted octanol–water partition coefficient (Wildman–Crippen LogP) is 8.60. The zero-order valence-corrected chi connectivity index (χ0v) is 24.1. The topological polar surface area (TPSA) is 38.1 Å². The average molecular weight is 550 g/mol. The van der Waals surface area contributed by atoms with E-state index in [-0.39, 0.29) is 5.91 Å². The fourth-order valence-corrected chi connectivity index (χ4v) is 6.31. The van der Waals surface area contributed by atoms with Gasteiger partial charge in [-0.25, -0.2) is 4.68 Å². The molecule has 194 valence electrons. The highest BCUT2D eigenvalue weighted by atomic mass is 32.2. The van der Waals surface area contributed by atoms with E-state index < -0.39 is 0 Å². The van der Waals surface area contributed by atoms with E-state index in [9.17, 15) is 4.79 Å². The Morgan fingerprint density at radius 3 is 2.41 bits per heavy atom. The number of carbonyl (C=O) groups is 1. The van der Waals surface area contributed by atoms with Crippen LogP contribution in [0.3, 0.4) is 0 Å². The van der Waals surface area contributed by atoms with Gasteiger partial charge in [-0.2, -0.15) is 5.10 Å². The summed E-state index contributed by atoms with van der Waals surface area (Å²) in [5, 5.41) is 4.93. The molecule has 0 radical (unpaired) electrons. The van der Waals surface area contributed by atoms with E-state index in [4.69, 9.17) is 17.3 Å². The van der Waals surface area contributed by atoms with Crippen LogP contribution in [0.2, 0.25) is 0 Å². The molecule has 0 saturated carbocycles. The van der Waals surface area contributed by atoms with Crippen LogP contribution in [-0.2, 0) is 4.79 Å². The minimum Gasteiger partial charge on any atom is -0.293 e. The molecule has 1 aliphatic heterocycles. The van der Waals surface area contributed by atoms with E-state index in [1.807, 2.05) is 59.0 Å². The van der Waals surface area contributed by atoms with Gasteiger partial charge in [-0.1, -0.05) is 100 Å². The standard InChI is InChI=1S/C30H35N3OS3/c1-3-5-6-7-8-12-19-32-29(34)27(37-30(32)35)21-24-22-33(25-13-10-9-11-14-25)31-28(24)23-15-17-26(18-16-23)36-20-4-2/h9-11,13-18,21-22H,3-8,12,19-20H2,1-2H3. The zero-order valence-electron chi connectivity index (χ0n) is 21.7. The lowest BCUT2D eigenvalue weighted by molar-refractivity contribution is -0.122. The summed E-state index contributed by atoms with van der Waals surface area (Å²) >= 11 is 8.85. The second-order valence-electron chi connectivity index (χ2n) is 9.19. The molecule has 0 unspecified atom stereocenters. The molecule has 4 rings (SSSR count). The predicted molar refractivity (Wildman–Crippen MR) is 163 cm³/mol. The van der Waals surface area contributed by atoms with Crippen LogP contribution < -0.4 is 0 Å². The number of benzene rings is 2. The van der Waals surface area contributed by atoms with Crippen molar-refractivity contribution in [3.05, 3.63) is 71.3 Å². The summed E-state index contributed by atoms with van der Waals surface area (Å²) in [7, 11) is 0. The number of thioether (sulfide) groups is 2. The Balaban J connectivity index is 1.57. The monoisotopic (exact) mass is 549 g/mol. The highest BCUT2D eigenvalue weighted by Crippen LogP contribution is 2.35. The second kappa shape index (κ2) is 14.0. The lowest BCUT2D eigenvalue weighted by Crippen LogP contribution is -2.29. The molecule has 1 aromatic heterocycles. The van der Waals surface area contributed by atoms with E-state index in [1.54, 1.807) is 4.90 Å². The van der Waals surface area contributed by atoms with Gasteiger partial charge in [0.15, 0.2) is 0 Å². The Bertz CT molecular complexity index is 1220. The number of amides is 1. The SMILES string of the molecule is CCCCCCCCN1C(=O)C(=Cc2cn(-c3ccccc3)nc2-c2ccc(SCCC)cc2)SC1=S. The van der Waals surface area contributed by atoms with E-state index in [1.165, 1.54) is 42.3 Å². The summed E-state index contributed by atoms with van der Waals surface area (Å²) in [5.74, 6) is 1.11. The lowest BCUT2D eigenvalue weighted by atomic mass is 10.1. The van der Waals surface area contributed by atoms with Crippen LogP contribution in [0.5, 0.6) is 0 Å². The maximum Gasteiger partial charge on any atom is 0.266 e. The van der Waals surface area contributed by atoms with Crippen molar-refractivity contribution in [2.24, 2.45) is 0 Å². The molecule has 0 aliphatic carbocycles. The van der Waals surface area contributed by atoms with Crippen molar-refractivity contribution in [3.63, 3.8) is 0 Å². The third kappa shape index (κ3) is 7.37. The molecule has 0 atom stereocenters. The van der Waals surface area contributed by atoms with Gasteiger partial charge in [-0.15, -0.1) is 11.8 Å². The van der Waals surface area contributed by atoms with Crippen molar-refractivity contribution >= 4 is 52.0 Å². The lowest BCUT2D eigenvalue weighted by Gasteiger charge is -2.13. The first-order valence-corrected chi connectivity index (χ1v) is 15.5.